The molecule has 1 aromatic rings. The molecule has 8 nitrogen and oxygen atoms in total. The Bertz CT molecular complexity index is 645. The van der Waals surface area contributed by atoms with Gasteiger partial charge in [0.05, 0.1) is 0 Å². The van der Waals surface area contributed by atoms with E-state index in [0.29, 0.717) is 30.3 Å². The standard InChI is InChI=1S/C16H20N2O6/c1-10(16(21)22)18(6-5-17-11(2)19)15(20)12-3-4-13-14(9-12)24-8-7-23-13/h3-4,9-10H,5-8H2,1-2H3,(H,17,19)(H,21,22). The van der Waals surface area contributed by atoms with E-state index in [1.165, 1.54) is 24.8 Å². The number of hydrogen-bond acceptors (Lipinski definition) is 5. The van der Waals surface area contributed by atoms with Crippen molar-refractivity contribution in [1.29, 1.82) is 0 Å². The summed E-state index contributed by atoms with van der Waals surface area (Å²) in [7, 11) is 0. The van der Waals surface area contributed by atoms with Crippen molar-refractivity contribution in [2.24, 2.45) is 0 Å². The monoisotopic (exact) mass is 336 g/mol. The Morgan fingerprint density at radius 1 is 1.25 bits per heavy atom. The summed E-state index contributed by atoms with van der Waals surface area (Å²) >= 11 is 0. The van der Waals surface area contributed by atoms with Gasteiger partial charge in [-0.25, -0.2) is 4.79 Å². The largest absolute Gasteiger partial charge is 0.486 e. The van der Waals surface area contributed by atoms with Crippen molar-refractivity contribution in [3.05, 3.63) is 23.8 Å². The summed E-state index contributed by atoms with van der Waals surface area (Å²) in [4.78, 5) is 36.2. The second-order valence-electron chi connectivity index (χ2n) is 5.35. The van der Waals surface area contributed by atoms with Gasteiger partial charge in [-0.2, -0.15) is 0 Å². The van der Waals surface area contributed by atoms with Gasteiger partial charge in [0, 0.05) is 25.6 Å². The molecule has 2 N–H and O–H groups in total. The Balaban J connectivity index is 2.19. The van der Waals surface area contributed by atoms with Gasteiger partial charge < -0.3 is 24.8 Å². The zero-order chi connectivity index (χ0) is 17.7. The first-order valence-corrected chi connectivity index (χ1v) is 7.58. The van der Waals surface area contributed by atoms with Crippen molar-refractivity contribution < 1.29 is 29.0 Å². The van der Waals surface area contributed by atoms with Crippen molar-refractivity contribution >= 4 is 17.8 Å². The van der Waals surface area contributed by atoms with Gasteiger partial charge in [-0.3, -0.25) is 9.59 Å². The van der Waals surface area contributed by atoms with Gasteiger partial charge in [-0.15, -0.1) is 0 Å². The number of rotatable bonds is 6. The Morgan fingerprint density at radius 2 is 1.92 bits per heavy atom. The molecule has 0 aromatic heterocycles. The summed E-state index contributed by atoms with van der Waals surface area (Å²) in [6.45, 7) is 3.87. The predicted octanol–water partition coefficient (Wildman–Crippen LogP) is 0.509. The average Bonchev–Trinajstić information content (AvgIpc) is 2.56. The van der Waals surface area contributed by atoms with Crippen molar-refractivity contribution in [1.82, 2.24) is 10.2 Å². The van der Waals surface area contributed by atoms with Crippen LogP contribution in [0.5, 0.6) is 11.5 Å². The van der Waals surface area contributed by atoms with Gasteiger partial charge in [-0.1, -0.05) is 0 Å². The zero-order valence-electron chi connectivity index (χ0n) is 13.6. The molecule has 0 fully saturated rings. The number of carboxylic acids is 1. The van der Waals surface area contributed by atoms with E-state index in [-0.39, 0.29) is 19.0 Å². The summed E-state index contributed by atoms with van der Waals surface area (Å²) < 4.78 is 10.8. The number of hydrogen-bond donors (Lipinski definition) is 2. The van der Waals surface area contributed by atoms with E-state index < -0.39 is 17.9 Å². The number of nitrogens with zero attached hydrogens (tertiary/aromatic N) is 1. The number of carboxylic acid groups (broad SMARTS) is 1. The molecule has 130 valence electrons. The van der Waals surface area contributed by atoms with Crippen molar-refractivity contribution in [3.8, 4) is 11.5 Å². The van der Waals surface area contributed by atoms with Crippen LogP contribution < -0.4 is 14.8 Å². The Hall–Kier alpha value is -2.77. The highest BCUT2D eigenvalue weighted by molar-refractivity contribution is 5.97. The van der Waals surface area contributed by atoms with Crippen LogP contribution in [0.4, 0.5) is 0 Å². The molecule has 0 radical (unpaired) electrons. The number of carbonyl (C=O) groups is 3. The van der Waals surface area contributed by atoms with Crippen molar-refractivity contribution in [3.63, 3.8) is 0 Å². The van der Waals surface area contributed by atoms with Gasteiger partial charge in [0.25, 0.3) is 5.91 Å². The summed E-state index contributed by atoms with van der Waals surface area (Å²) in [6, 6.07) is 3.70. The highest BCUT2D eigenvalue weighted by Crippen LogP contribution is 2.31. The van der Waals surface area contributed by atoms with Gasteiger partial charge in [0.1, 0.15) is 19.3 Å². The Morgan fingerprint density at radius 3 is 2.54 bits per heavy atom. The van der Waals surface area contributed by atoms with E-state index in [9.17, 15) is 19.5 Å². The average molecular weight is 336 g/mol. The maximum absolute atomic E-state index is 12.7. The van der Waals surface area contributed by atoms with Gasteiger partial charge in [0.15, 0.2) is 11.5 Å². The number of benzene rings is 1. The van der Waals surface area contributed by atoms with Gasteiger partial charge in [0.2, 0.25) is 5.91 Å². The van der Waals surface area contributed by atoms with E-state index in [1.807, 2.05) is 0 Å². The molecule has 1 heterocycles. The summed E-state index contributed by atoms with van der Waals surface area (Å²) in [5.41, 5.74) is 0.301. The van der Waals surface area contributed by atoms with Gasteiger partial charge in [-0.05, 0) is 25.1 Å². The molecule has 8 heteroatoms. The van der Waals surface area contributed by atoms with Crippen LogP contribution in [-0.4, -0.2) is 60.1 Å². The fraction of sp³-hybridized carbons (Fsp3) is 0.438. The molecule has 0 saturated heterocycles. The van der Waals surface area contributed by atoms with Crippen LogP contribution in [0, 0.1) is 0 Å². The molecule has 0 saturated carbocycles. The highest BCUT2D eigenvalue weighted by Gasteiger charge is 2.27. The SMILES string of the molecule is CC(=O)NCCN(C(=O)c1ccc2c(c1)OCCO2)C(C)C(=O)O. The first-order chi connectivity index (χ1) is 11.4. The van der Waals surface area contributed by atoms with E-state index in [2.05, 4.69) is 5.32 Å². The summed E-state index contributed by atoms with van der Waals surface area (Å²) in [5, 5.41) is 11.8. The van der Waals surface area contributed by atoms with Crippen LogP contribution in [0.3, 0.4) is 0 Å². The normalized spacial score (nSPS) is 13.8. The number of carbonyl (C=O) groups excluding carboxylic acids is 2. The maximum atomic E-state index is 12.7. The first kappa shape index (κ1) is 17.6. The maximum Gasteiger partial charge on any atom is 0.326 e. The second-order valence-corrected chi connectivity index (χ2v) is 5.35. The topological polar surface area (TPSA) is 105 Å². The third kappa shape index (κ3) is 4.15. The fourth-order valence-electron chi connectivity index (χ4n) is 2.30. The number of amides is 2. The quantitative estimate of drug-likeness (QED) is 0.784. The third-order valence-corrected chi connectivity index (χ3v) is 3.60. The molecule has 1 atom stereocenters. The number of fused-ring (bicyclic) bond motifs is 1. The lowest BCUT2D eigenvalue weighted by molar-refractivity contribution is -0.141. The number of nitrogens with one attached hydrogen (secondary N) is 1. The van der Waals surface area contributed by atoms with E-state index in [4.69, 9.17) is 9.47 Å². The molecule has 0 aliphatic carbocycles. The molecule has 1 unspecified atom stereocenters. The van der Waals surface area contributed by atoms with E-state index >= 15 is 0 Å². The van der Waals surface area contributed by atoms with Crippen LogP contribution in [0.25, 0.3) is 0 Å². The third-order valence-electron chi connectivity index (χ3n) is 3.60. The molecule has 24 heavy (non-hydrogen) atoms. The first-order valence-electron chi connectivity index (χ1n) is 7.58. The molecule has 1 aromatic carbocycles. The fourth-order valence-corrected chi connectivity index (χ4v) is 2.30. The molecule has 2 rings (SSSR count). The summed E-state index contributed by atoms with van der Waals surface area (Å²) in [6.07, 6.45) is 0. The van der Waals surface area contributed by atoms with E-state index in [1.54, 1.807) is 12.1 Å². The van der Waals surface area contributed by atoms with Crippen LogP contribution in [-0.2, 0) is 9.59 Å². The number of ether oxygens (including phenoxy) is 2. The minimum absolute atomic E-state index is 0.0837. The minimum Gasteiger partial charge on any atom is -0.486 e. The van der Waals surface area contributed by atoms with Crippen LogP contribution in [0.2, 0.25) is 0 Å². The number of aliphatic carboxylic acids is 1. The van der Waals surface area contributed by atoms with Crippen molar-refractivity contribution in [2.75, 3.05) is 26.3 Å². The lowest BCUT2D eigenvalue weighted by Crippen LogP contribution is -2.46. The molecular formula is C16H20N2O6. The molecule has 1 aliphatic heterocycles. The minimum atomic E-state index is -1.12. The lowest BCUT2D eigenvalue weighted by atomic mass is 10.1. The van der Waals surface area contributed by atoms with Crippen molar-refractivity contribution in [2.45, 2.75) is 19.9 Å². The Kier molecular flexibility index (Phi) is 5.62. The van der Waals surface area contributed by atoms with Crippen LogP contribution >= 0.6 is 0 Å². The summed E-state index contributed by atoms with van der Waals surface area (Å²) in [5.74, 6) is -0.814. The molecule has 1 aliphatic rings. The van der Waals surface area contributed by atoms with E-state index in [0.717, 1.165) is 0 Å². The second kappa shape index (κ2) is 7.67. The lowest BCUT2D eigenvalue weighted by Gasteiger charge is -2.27. The smallest absolute Gasteiger partial charge is 0.326 e. The Labute approximate surface area is 139 Å². The van der Waals surface area contributed by atoms with Gasteiger partial charge >= 0.3 is 5.97 Å². The zero-order valence-corrected chi connectivity index (χ0v) is 13.6. The molecule has 2 amide bonds. The van der Waals surface area contributed by atoms with Crippen LogP contribution in [0.1, 0.15) is 24.2 Å². The molecule has 0 spiro atoms. The van der Waals surface area contributed by atoms with Crippen LogP contribution in [0.15, 0.2) is 18.2 Å². The highest BCUT2D eigenvalue weighted by atomic mass is 16.6. The molecule has 0 bridgehead atoms. The predicted molar refractivity (Wildman–Crippen MR) is 84.3 cm³/mol. The molecular weight excluding hydrogens is 316 g/mol.